The average molecular weight is 291 g/mol. The van der Waals surface area contributed by atoms with Gasteiger partial charge in [-0.2, -0.15) is 0 Å². The summed E-state index contributed by atoms with van der Waals surface area (Å²) in [4.78, 5) is 26.4. The zero-order valence-electron chi connectivity index (χ0n) is 10.3. The lowest BCUT2D eigenvalue weighted by molar-refractivity contribution is -0.115. The number of carbonyl (C=O) groups is 2. The summed E-state index contributed by atoms with van der Waals surface area (Å²) >= 11 is 5.84. The first kappa shape index (κ1) is 14.0. The molecule has 0 aliphatic rings. The number of anilines is 1. The van der Waals surface area contributed by atoms with Gasteiger partial charge in [0, 0.05) is 11.2 Å². The van der Waals surface area contributed by atoms with E-state index in [-0.39, 0.29) is 17.9 Å². The number of aromatic carboxylic acids is 1. The molecule has 1 heterocycles. The number of nitrogens with one attached hydrogen (secondary N) is 1. The van der Waals surface area contributed by atoms with Crippen LogP contribution in [0.15, 0.2) is 42.7 Å². The summed E-state index contributed by atoms with van der Waals surface area (Å²) < 4.78 is 0. The van der Waals surface area contributed by atoms with Gasteiger partial charge in [0.25, 0.3) is 0 Å². The highest BCUT2D eigenvalue weighted by atomic mass is 35.5. The minimum Gasteiger partial charge on any atom is -0.478 e. The first-order valence-electron chi connectivity index (χ1n) is 5.77. The van der Waals surface area contributed by atoms with Gasteiger partial charge in [0.05, 0.1) is 23.9 Å². The Morgan fingerprint density at radius 2 is 2.05 bits per heavy atom. The minimum atomic E-state index is -1.09. The number of benzene rings is 1. The zero-order valence-corrected chi connectivity index (χ0v) is 11.1. The van der Waals surface area contributed by atoms with E-state index in [1.54, 1.807) is 24.3 Å². The molecule has 0 aliphatic carbocycles. The van der Waals surface area contributed by atoms with Gasteiger partial charge in [-0.05, 0) is 23.8 Å². The van der Waals surface area contributed by atoms with E-state index in [1.165, 1.54) is 18.5 Å². The number of hydrogen-bond donors (Lipinski definition) is 2. The zero-order chi connectivity index (χ0) is 14.5. The third-order valence-electron chi connectivity index (χ3n) is 2.52. The Morgan fingerprint density at radius 1 is 1.25 bits per heavy atom. The molecule has 0 saturated heterocycles. The van der Waals surface area contributed by atoms with E-state index in [4.69, 9.17) is 16.7 Å². The van der Waals surface area contributed by atoms with Crippen molar-refractivity contribution in [3.05, 3.63) is 58.9 Å². The van der Waals surface area contributed by atoms with Crippen molar-refractivity contribution in [2.45, 2.75) is 6.42 Å². The van der Waals surface area contributed by atoms with Crippen molar-refractivity contribution in [1.29, 1.82) is 0 Å². The van der Waals surface area contributed by atoms with Crippen LogP contribution in [-0.4, -0.2) is 22.0 Å². The molecule has 1 aromatic heterocycles. The van der Waals surface area contributed by atoms with E-state index in [0.29, 0.717) is 10.7 Å². The lowest BCUT2D eigenvalue weighted by Gasteiger charge is -2.06. The van der Waals surface area contributed by atoms with Gasteiger partial charge in [0.2, 0.25) is 5.91 Å². The number of nitrogens with zero attached hydrogens (tertiary/aromatic N) is 1. The van der Waals surface area contributed by atoms with E-state index < -0.39 is 5.97 Å². The molecule has 2 N–H and O–H groups in total. The van der Waals surface area contributed by atoms with Crippen molar-refractivity contribution in [2.75, 3.05) is 5.32 Å². The highest BCUT2D eigenvalue weighted by Crippen LogP contribution is 2.13. The molecule has 0 aliphatic heterocycles. The Kier molecular flexibility index (Phi) is 4.32. The number of carboxylic acids is 1. The number of halogens is 1. The largest absolute Gasteiger partial charge is 0.478 e. The van der Waals surface area contributed by atoms with Crippen LogP contribution in [0, 0.1) is 0 Å². The summed E-state index contributed by atoms with van der Waals surface area (Å²) in [5, 5.41) is 12.0. The summed E-state index contributed by atoms with van der Waals surface area (Å²) in [5.74, 6) is -1.36. The maximum Gasteiger partial charge on any atom is 0.337 e. The highest BCUT2D eigenvalue weighted by Gasteiger charge is 2.08. The fourth-order valence-corrected chi connectivity index (χ4v) is 1.88. The molecule has 0 unspecified atom stereocenters. The summed E-state index contributed by atoms with van der Waals surface area (Å²) in [6, 6.07) is 8.33. The number of carboxylic acid groups (broad SMARTS) is 1. The molecule has 6 heteroatoms. The van der Waals surface area contributed by atoms with Crippen molar-refractivity contribution >= 4 is 29.2 Å². The summed E-state index contributed by atoms with van der Waals surface area (Å²) in [6.45, 7) is 0. The molecule has 2 aromatic rings. The topological polar surface area (TPSA) is 79.3 Å². The van der Waals surface area contributed by atoms with Gasteiger partial charge >= 0.3 is 5.97 Å². The standard InChI is InChI=1S/C14H11ClN2O3/c15-11-3-1-2-9(4-11)5-13(18)17-12-6-10(14(19)20)7-16-8-12/h1-4,6-8H,5H2,(H,17,18)(H,19,20). The van der Waals surface area contributed by atoms with Crippen LogP contribution in [0.5, 0.6) is 0 Å². The van der Waals surface area contributed by atoms with Crippen LogP contribution in [0.2, 0.25) is 5.02 Å². The molecule has 0 spiro atoms. The molecule has 0 saturated carbocycles. The van der Waals surface area contributed by atoms with Crippen molar-refractivity contribution < 1.29 is 14.7 Å². The van der Waals surface area contributed by atoms with Crippen LogP contribution in [0.3, 0.4) is 0 Å². The van der Waals surface area contributed by atoms with Crippen LogP contribution in [-0.2, 0) is 11.2 Å². The lowest BCUT2D eigenvalue weighted by atomic mass is 10.1. The van der Waals surface area contributed by atoms with Gasteiger partial charge in [-0.1, -0.05) is 23.7 Å². The molecule has 0 fully saturated rings. The highest BCUT2D eigenvalue weighted by molar-refractivity contribution is 6.30. The van der Waals surface area contributed by atoms with E-state index in [9.17, 15) is 9.59 Å². The molecule has 0 bridgehead atoms. The molecule has 1 aromatic carbocycles. The van der Waals surface area contributed by atoms with Crippen LogP contribution >= 0.6 is 11.6 Å². The molecule has 2 rings (SSSR count). The molecule has 5 nitrogen and oxygen atoms in total. The third-order valence-corrected chi connectivity index (χ3v) is 2.76. The SMILES string of the molecule is O=C(Cc1cccc(Cl)c1)Nc1cncc(C(=O)O)c1. The third kappa shape index (κ3) is 3.80. The van der Waals surface area contributed by atoms with Crippen molar-refractivity contribution in [3.8, 4) is 0 Å². The maximum absolute atomic E-state index is 11.8. The molecular weight excluding hydrogens is 280 g/mol. The molecule has 1 amide bonds. The number of amides is 1. The molecule has 102 valence electrons. The number of pyridine rings is 1. The Morgan fingerprint density at radius 3 is 2.75 bits per heavy atom. The Balaban J connectivity index is 2.04. The van der Waals surface area contributed by atoms with Crippen LogP contribution in [0.25, 0.3) is 0 Å². The minimum absolute atomic E-state index is 0.0190. The number of aromatic nitrogens is 1. The summed E-state index contributed by atoms with van der Waals surface area (Å²) in [7, 11) is 0. The van der Waals surface area contributed by atoms with E-state index in [0.717, 1.165) is 5.56 Å². The van der Waals surface area contributed by atoms with Gasteiger partial charge in [0.1, 0.15) is 0 Å². The van der Waals surface area contributed by atoms with Gasteiger partial charge < -0.3 is 10.4 Å². The van der Waals surface area contributed by atoms with E-state index in [2.05, 4.69) is 10.3 Å². The predicted octanol–water partition coefficient (Wildman–Crippen LogP) is 2.61. The second-order valence-corrected chi connectivity index (χ2v) is 4.56. The lowest BCUT2D eigenvalue weighted by Crippen LogP contribution is -2.15. The van der Waals surface area contributed by atoms with Gasteiger partial charge in [0.15, 0.2) is 0 Å². The number of hydrogen-bond acceptors (Lipinski definition) is 3. The van der Waals surface area contributed by atoms with Crippen LogP contribution in [0.4, 0.5) is 5.69 Å². The van der Waals surface area contributed by atoms with E-state index in [1.807, 2.05) is 0 Å². The van der Waals surface area contributed by atoms with Crippen LogP contribution in [0.1, 0.15) is 15.9 Å². The monoisotopic (exact) mass is 290 g/mol. The first-order valence-corrected chi connectivity index (χ1v) is 6.15. The fraction of sp³-hybridized carbons (Fsp3) is 0.0714. The molecule has 20 heavy (non-hydrogen) atoms. The number of rotatable bonds is 4. The van der Waals surface area contributed by atoms with Gasteiger partial charge in [-0.25, -0.2) is 4.79 Å². The Labute approximate surface area is 120 Å². The second-order valence-electron chi connectivity index (χ2n) is 4.12. The molecular formula is C14H11ClN2O3. The Bertz CT molecular complexity index is 658. The normalized spacial score (nSPS) is 10.1. The Hall–Kier alpha value is -2.40. The predicted molar refractivity (Wildman–Crippen MR) is 75.0 cm³/mol. The first-order chi connectivity index (χ1) is 9.54. The van der Waals surface area contributed by atoms with Crippen molar-refractivity contribution in [1.82, 2.24) is 4.98 Å². The van der Waals surface area contributed by atoms with Crippen molar-refractivity contribution in [3.63, 3.8) is 0 Å². The average Bonchev–Trinajstić information content (AvgIpc) is 2.38. The smallest absolute Gasteiger partial charge is 0.337 e. The summed E-state index contributed by atoms with van der Waals surface area (Å²) in [6.07, 6.45) is 2.76. The van der Waals surface area contributed by atoms with Gasteiger partial charge in [-0.3, -0.25) is 9.78 Å². The van der Waals surface area contributed by atoms with Gasteiger partial charge in [-0.15, -0.1) is 0 Å². The van der Waals surface area contributed by atoms with Crippen LogP contribution < -0.4 is 5.32 Å². The molecule has 0 atom stereocenters. The summed E-state index contributed by atoms with van der Waals surface area (Å²) in [5.41, 5.74) is 1.14. The quantitative estimate of drug-likeness (QED) is 0.907. The maximum atomic E-state index is 11.8. The van der Waals surface area contributed by atoms with Crippen molar-refractivity contribution in [2.24, 2.45) is 0 Å². The number of carbonyl (C=O) groups excluding carboxylic acids is 1. The second kappa shape index (κ2) is 6.16. The van der Waals surface area contributed by atoms with E-state index >= 15 is 0 Å². The fourth-order valence-electron chi connectivity index (χ4n) is 1.66. The molecule has 0 radical (unpaired) electrons.